The van der Waals surface area contributed by atoms with E-state index in [1.54, 1.807) is 0 Å². The largest absolute Gasteiger partial charge is 0.339 e. The zero-order valence-corrected chi connectivity index (χ0v) is 12.7. The number of halogens is 1. The van der Waals surface area contributed by atoms with E-state index >= 15 is 0 Å². The molecule has 1 amide bonds. The van der Waals surface area contributed by atoms with Crippen LogP contribution in [0.5, 0.6) is 0 Å². The average molecular weight is 291 g/mol. The number of carbonyl (C=O) groups is 1. The molecular formula is C16H22FN3O. The first-order valence-electron chi connectivity index (χ1n) is 7.55. The number of likely N-dealkylation sites (tertiary alicyclic amines) is 1. The molecule has 114 valence electrons. The van der Waals surface area contributed by atoms with Gasteiger partial charge < -0.3 is 9.80 Å². The molecule has 0 N–H and O–H groups in total. The van der Waals surface area contributed by atoms with Crippen LogP contribution in [0.4, 0.5) is 4.39 Å². The van der Waals surface area contributed by atoms with Crippen LogP contribution in [0.1, 0.15) is 36.0 Å². The highest BCUT2D eigenvalue weighted by atomic mass is 19.1. The molecular weight excluding hydrogens is 269 g/mol. The van der Waals surface area contributed by atoms with Crippen molar-refractivity contribution in [1.29, 1.82) is 0 Å². The lowest BCUT2D eigenvalue weighted by molar-refractivity contribution is -0.0231. The van der Waals surface area contributed by atoms with E-state index < -0.39 is 5.82 Å². The maximum Gasteiger partial charge on any atom is 0.255 e. The first kappa shape index (κ1) is 14.4. The molecule has 2 heterocycles. The van der Waals surface area contributed by atoms with Crippen molar-refractivity contribution >= 4 is 5.91 Å². The molecule has 1 saturated heterocycles. The maximum absolute atomic E-state index is 13.2. The van der Waals surface area contributed by atoms with Crippen LogP contribution < -0.4 is 0 Å². The fourth-order valence-corrected chi connectivity index (χ4v) is 3.61. The van der Waals surface area contributed by atoms with Gasteiger partial charge in [0.05, 0.1) is 11.8 Å². The van der Waals surface area contributed by atoms with Crippen LogP contribution >= 0.6 is 0 Å². The van der Waals surface area contributed by atoms with E-state index in [-0.39, 0.29) is 5.91 Å². The summed E-state index contributed by atoms with van der Waals surface area (Å²) in [7, 11) is 4.26. The Hall–Kier alpha value is -1.49. The molecule has 1 spiro atoms. The Morgan fingerprint density at radius 1 is 1.33 bits per heavy atom. The molecule has 0 atom stereocenters. The smallest absolute Gasteiger partial charge is 0.255 e. The molecule has 1 aromatic heterocycles. The van der Waals surface area contributed by atoms with E-state index in [0.29, 0.717) is 17.0 Å². The van der Waals surface area contributed by atoms with Crippen molar-refractivity contribution in [2.24, 2.45) is 5.41 Å². The van der Waals surface area contributed by atoms with Crippen LogP contribution in [-0.4, -0.2) is 53.9 Å². The summed E-state index contributed by atoms with van der Waals surface area (Å²) in [5.41, 5.74) is 0.789. The predicted octanol–water partition coefficient (Wildman–Crippen LogP) is 2.17. The first-order chi connectivity index (χ1) is 9.99. The van der Waals surface area contributed by atoms with Crippen molar-refractivity contribution in [3.8, 4) is 0 Å². The fourth-order valence-electron chi connectivity index (χ4n) is 3.61. The van der Waals surface area contributed by atoms with Crippen LogP contribution in [0.3, 0.4) is 0 Å². The van der Waals surface area contributed by atoms with Gasteiger partial charge in [-0.2, -0.15) is 0 Å². The van der Waals surface area contributed by atoms with Crippen LogP contribution in [0.15, 0.2) is 18.5 Å². The number of aromatic nitrogens is 1. The summed E-state index contributed by atoms with van der Waals surface area (Å²) in [5, 5.41) is 0. The Labute approximate surface area is 125 Å². The third kappa shape index (κ3) is 2.79. The lowest BCUT2D eigenvalue weighted by Gasteiger charge is -2.54. The summed E-state index contributed by atoms with van der Waals surface area (Å²) in [6.07, 6.45) is 7.17. The molecule has 3 rings (SSSR count). The normalized spacial score (nSPS) is 21.6. The lowest BCUT2D eigenvalue weighted by atomic mass is 9.60. The van der Waals surface area contributed by atoms with Crippen LogP contribution in [0.25, 0.3) is 0 Å². The summed E-state index contributed by atoms with van der Waals surface area (Å²) in [6, 6.07) is 1.96. The number of carbonyl (C=O) groups excluding carboxylic acids is 1. The Kier molecular flexibility index (Phi) is 3.69. The number of hydrogen-bond acceptors (Lipinski definition) is 3. The lowest BCUT2D eigenvalue weighted by Crippen LogP contribution is -2.54. The molecule has 5 heteroatoms. The van der Waals surface area contributed by atoms with E-state index in [0.717, 1.165) is 32.1 Å². The van der Waals surface area contributed by atoms with Gasteiger partial charge in [0.25, 0.3) is 5.91 Å². The molecule has 1 saturated carbocycles. The molecule has 1 aliphatic carbocycles. The van der Waals surface area contributed by atoms with Gasteiger partial charge in [0.1, 0.15) is 5.82 Å². The average Bonchev–Trinajstić information content (AvgIpc) is 2.44. The highest BCUT2D eigenvalue weighted by Gasteiger charge is 2.46. The third-order valence-corrected chi connectivity index (χ3v) is 5.13. The second-order valence-corrected chi connectivity index (χ2v) is 6.71. The van der Waals surface area contributed by atoms with Gasteiger partial charge in [-0.3, -0.25) is 9.78 Å². The SMILES string of the molecule is CN(C)C1CC2(CCN(C(=O)c3cncc(F)c3)CC2)C1. The van der Waals surface area contributed by atoms with E-state index in [2.05, 4.69) is 24.0 Å². The molecule has 2 fully saturated rings. The van der Waals surface area contributed by atoms with Crippen LogP contribution in [-0.2, 0) is 0 Å². The number of piperidine rings is 1. The Balaban J connectivity index is 1.58. The number of nitrogens with zero attached hydrogens (tertiary/aromatic N) is 3. The fraction of sp³-hybridized carbons (Fsp3) is 0.625. The van der Waals surface area contributed by atoms with Crippen molar-refractivity contribution in [2.45, 2.75) is 31.7 Å². The second kappa shape index (κ2) is 5.37. The minimum Gasteiger partial charge on any atom is -0.339 e. The highest BCUT2D eigenvalue weighted by molar-refractivity contribution is 5.93. The van der Waals surface area contributed by atoms with Gasteiger partial charge in [0.15, 0.2) is 0 Å². The predicted molar refractivity (Wildman–Crippen MR) is 78.5 cm³/mol. The number of hydrogen-bond donors (Lipinski definition) is 0. The maximum atomic E-state index is 13.2. The quantitative estimate of drug-likeness (QED) is 0.838. The summed E-state index contributed by atoms with van der Waals surface area (Å²) in [6.45, 7) is 1.55. The van der Waals surface area contributed by atoms with Gasteiger partial charge in [-0.15, -0.1) is 0 Å². The molecule has 0 radical (unpaired) electrons. The third-order valence-electron chi connectivity index (χ3n) is 5.13. The van der Waals surface area contributed by atoms with E-state index in [1.807, 2.05) is 4.90 Å². The van der Waals surface area contributed by atoms with Gasteiger partial charge >= 0.3 is 0 Å². The van der Waals surface area contributed by atoms with Crippen molar-refractivity contribution in [3.05, 3.63) is 29.8 Å². The zero-order valence-electron chi connectivity index (χ0n) is 12.7. The van der Waals surface area contributed by atoms with Crippen LogP contribution in [0.2, 0.25) is 0 Å². The molecule has 2 aliphatic rings. The minimum atomic E-state index is -0.456. The molecule has 1 aromatic rings. The minimum absolute atomic E-state index is 0.0969. The monoisotopic (exact) mass is 291 g/mol. The Bertz CT molecular complexity index is 530. The molecule has 0 unspecified atom stereocenters. The van der Waals surface area contributed by atoms with E-state index in [9.17, 15) is 9.18 Å². The molecule has 4 nitrogen and oxygen atoms in total. The van der Waals surface area contributed by atoms with E-state index in [1.165, 1.54) is 25.1 Å². The van der Waals surface area contributed by atoms with Crippen molar-refractivity contribution in [3.63, 3.8) is 0 Å². The van der Waals surface area contributed by atoms with Gasteiger partial charge in [0, 0.05) is 25.3 Å². The molecule has 1 aliphatic heterocycles. The molecule has 0 aromatic carbocycles. The summed E-state index contributed by atoms with van der Waals surface area (Å²) < 4.78 is 13.2. The zero-order chi connectivity index (χ0) is 15.0. The van der Waals surface area contributed by atoms with Gasteiger partial charge in [-0.25, -0.2) is 4.39 Å². The molecule has 0 bridgehead atoms. The standard InChI is InChI=1S/C16H22FN3O/c1-19(2)14-8-16(9-14)3-5-20(6-4-16)15(21)12-7-13(17)11-18-10-12/h7,10-11,14H,3-6,8-9H2,1-2H3. The first-order valence-corrected chi connectivity index (χ1v) is 7.55. The van der Waals surface area contributed by atoms with Gasteiger partial charge in [0.2, 0.25) is 0 Å². The topological polar surface area (TPSA) is 36.4 Å². The Morgan fingerprint density at radius 2 is 2.00 bits per heavy atom. The van der Waals surface area contributed by atoms with Crippen molar-refractivity contribution in [2.75, 3.05) is 27.2 Å². The summed E-state index contributed by atoms with van der Waals surface area (Å²) in [4.78, 5) is 20.2. The van der Waals surface area contributed by atoms with Gasteiger partial charge in [-0.1, -0.05) is 0 Å². The van der Waals surface area contributed by atoms with Crippen molar-refractivity contribution < 1.29 is 9.18 Å². The second-order valence-electron chi connectivity index (χ2n) is 6.71. The van der Waals surface area contributed by atoms with Gasteiger partial charge in [-0.05, 0) is 51.3 Å². The number of rotatable bonds is 2. The summed E-state index contributed by atoms with van der Waals surface area (Å²) >= 11 is 0. The molecule has 21 heavy (non-hydrogen) atoms. The summed E-state index contributed by atoms with van der Waals surface area (Å²) in [5.74, 6) is -0.553. The van der Waals surface area contributed by atoms with E-state index in [4.69, 9.17) is 0 Å². The highest BCUT2D eigenvalue weighted by Crippen LogP contribution is 2.50. The van der Waals surface area contributed by atoms with Crippen LogP contribution in [0, 0.1) is 11.2 Å². The Morgan fingerprint density at radius 3 is 2.57 bits per heavy atom. The van der Waals surface area contributed by atoms with Crippen molar-refractivity contribution in [1.82, 2.24) is 14.8 Å². The number of amides is 1. The number of pyridine rings is 1.